The third kappa shape index (κ3) is 3.62. The second-order valence-electron chi connectivity index (χ2n) is 3.51. The van der Waals surface area contributed by atoms with Crippen LogP contribution in [0.2, 0.25) is 0 Å². The van der Waals surface area contributed by atoms with Gasteiger partial charge in [0.05, 0.1) is 7.11 Å². The number of methoxy groups -OCH3 is 1. The highest BCUT2D eigenvalue weighted by Crippen LogP contribution is 2.20. The molecule has 0 radical (unpaired) electrons. The normalized spacial score (nSPS) is 9.60. The molecule has 0 atom stereocenters. The first-order chi connectivity index (χ1) is 7.13. The highest BCUT2D eigenvalue weighted by molar-refractivity contribution is 5.47. The highest BCUT2D eigenvalue weighted by Gasteiger charge is 2.01. The van der Waals surface area contributed by atoms with Gasteiger partial charge in [0.1, 0.15) is 0 Å². The first-order valence-electron chi connectivity index (χ1n) is 4.84. The smallest absolute Gasteiger partial charge is 0.167 e. The fourth-order valence-corrected chi connectivity index (χ4v) is 1.15. The predicted molar refractivity (Wildman–Crippen MR) is 60.9 cm³/mol. The van der Waals surface area contributed by atoms with E-state index in [1.807, 2.05) is 19.9 Å². The Balaban J connectivity index is 2.63. The number of allylic oxidation sites excluding steroid dienone is 1. The number of halogens is 1. The zero-order chi connectivity index (χ0) is 11.3. The second-order valence-corrected chi connectivity index (χ2v) is 3.51. The van der Waals surface area contributed by atoms with Crippen molar-refractivity contribution in [2.75, 3.05) is 19.0 Å². The average molecular weight is 209 g/mol. The van der Waals surface area contributed by atoms with Gasteiger partial charge in [-0.15, -0.1) is 0 Å². The number of ether oxygens (including phenoxy) is 1. The lowest BCUT2D eigenvalue weighted by Crippen LogP contribution is -1.99. The van der Waals surface area contributed by atoms with Crippen molar-refractivity contribution < 1.29 is 9.13 Å². The molecule has 0 saturated carbocycles. The molecule has 0 bridgehead atoms. The summed E-state index contributed by atoms with van der Waals surface area (Å²) in [6.07, 6.45) is 2.04. The number of nitrogens with one attached hydrogen (secondary N) is 1. The molecule has 1 N–H and O–H groups in total. The number of benzene rings is 1. The molecule has 0 aliphatic rings. The van der Waals surface area contributed by atoms with Gasteiger partial charge >= 0.3 is 0 Å². The van der Waals surface area contributed by atoms with Crippen LogP contribution in [0.5, 0.6) is 5.75 Å². The first kappa shape index (κ1) is 11.6. The molecule has 1 aromatic rings. The van der Waals surface area contributed by atoms with Crippen molar-refractivity contribution >= 4 is 5.69 Å². The molecule has 0 fully saturated rings. The van der Waals surface area contributed by atoms with Crippen molar-refractivity contribution in [3.05, 3.63) is 35.7 Å². The van der Waals surface area contributed by atoms with E-state index in [0.29, 0.717) is 6.54 Å². The number of hydrogen-bond donors (Lipinski definition) is 1. The Morgan fingerprint density at radius 1 is 1.47 bits per heavy atom. The summed E-state index contributed by atoms with van der Waals surface area (Å²) in [5, 5.41) is 3.10. The Morgan fingerprint density at radius 2 is 2.20 bits per heavy atom. The van der Waals surface area contributed by atoms with Gasteiger partial charge in [0.25, 0.3) is 0 Å². The van der Waals surface area contributed by atoms with E-state index < -0.39 is 0 Å². The molecule has 3 heteroatoms. The second kappa shape index (κ2) is 5.39. The summed E-state index contributed by atoms with van der Waals surface area (Å²) < 4.78 is 18.1. The molecule has 0 unspecified atom stereocenters. The van der Waals surface area contributed by atoms with E-state index in [9.17, 15) is 4.39 Å². The van der Waals surface area contributed by atoms with Gasteiger partial charge in [0.15, 0.2) is 11.6 Å². The molecule has 0 aliphatic carbocycles. The van der Waals surface area contributed by atoms with Gasteiger partial charge in [-0.05, 0) is 26.0 Å². The van der Waals surface area contributed by atoms with Gasteiger partial charge < -0.3 is 10.1 Å². The van der Waals surface area contributed by atoms with Crippen LogP contribution in [0.1, 0.15) is 13.8 Å². The molecule has 1 rings (SSSR count). The summed E-state index contributed by atoms with van der Waals surface area (Å²) in [6, 6.07) is 4.83. The molecular weight excluding hydrogens is 193 g/mol. The molecule has 0 aliphatic heterocycles. The van der Waals surface area contributed by atoms with Gasteiger partial charge in [-0.25, -0.2) is 4.39 Å². The predicted octanol–water partition coefficient (Wildman–Crippen LogP) is 3.21. The van der Waals surface area contributed by atoms with E-state index in [2.05, 4.69) is 5.32 Å². The van der Waals surface area contributed by atoms with E-state index >= 15 is 0 Å². The standard InChI is InChI=1S/C12H16FNO/c1-9(2)6-7-14-10-4-5-12(15-3)11(13)8-10/h4-6,8,14H,7H2,1-3H3. The number of anilines is 1. The molecule has 2 nitrogen and oxygen atoms in total. The lowest BCUT2D eigenvalue weighted by atomic mass is 10.2. The summed E-state index contributed by atoms with van der Waals surface area (Å²) in [5.74, 6) is -0.0811. The topological polar surface area (TPSA) is 21.3 Å². The van der Waals surface area contributed by atoms with Gasteiger partial charge in [0.2, 0.25) is 0 Å². The summed E-state index contributed by atoms with van der Waals surface area (Å²) in [5.41, 5.74) is 1.99. The Kier molecular flexibility index (Phi) is 4.16. The van der Waals surface area contributed by atoms with E-state index in [-0.39, 0.29) is 11.6 Å². The molecule has 0 heterocycles. The maximum absolute atomic E-state index is 13.3. The zero-order valence-electron chi connectivity index (χ0n) is 9.30. The van der Waals surface area contributed by atoms with Crippen LogP contribution >= 0.6 is 0 Å². The lowest BCUT2D eigenvalue weighted by Gasteiger charge is -2.06. The lowest BCUT2D eigenvalue weighted by molar-refractivity contribution is 0.386. The third-order valence-corrected chi connectivity index (χ3v) is 1.97. The minimum atomic E-state index is -0.347. The van der Waals surface area contributed by atoms with Gasteiger partial charge in [-0.3, -0.25) is 0 Å². The van der Waals surface area contributed by atoms with Crippen LogP contribution in [0.25, 0.3) is 0 Å². The van der Waals surface area contributed by atoms with Gasteiger partial charge in [-0.2, -0.15) is 0 Å². The Labute approximate surface area is 89.8 Å². The van der Waals surface area contributed by atoms with Crippen molar-refractivity contribution in [1.29, 1.82) is 0 Å². The average Bonchev–Trinajstić information content (AvgIpc) is 2.17. The van der Waals surface area contributed by atoms with Crippen LogP contribution in [0, 0.1) is 5.82 Å². The molecule has 0 aromatic heterocycles. The van der Waals surface area contributed by atoms with Crippen LogP contribution in [0.4, 0.5) is 10.1 Å². The van der Waals surface area contributed by atoms with Crippen LogP contribution in [-0.2, 0) is 0 Å². The van der Waals surface area contributed by atoms with Crippen molar-refractivity contribution in [3.63, 3.8) is 0 Å². The van der Waals surface area contributed by atoms with E-state index in [4.69, 9.17) is 4.74 Å². The number of rotatable bonds is 4. The molecule has 1 aromatic carbocycles. The SMILES string of the molecule is COc1ccc(NCC=C(C)C)cc1F. The largest absolute Gasteiger partial charge is 0.494 e. The summed E-state index contributed by atoms with van der Waals surface area (Å²) in [4.78, 5) is 0. The van der Waals surface area contributed by atoms with Gasteiger partial charge in [-0.1, -0.05) is 11.6 Å². The first-order valence-corrected chi connectivity index (χ1v) is 4.84. The quantitative estimate of drug-likeness (QED) is 0.769. The molecule has 0 amide bonds. The van der Waals surface area contributed by atoms with Crippen LogP contribution in [0.3, 0.4) is 0 Å². The maximum atomic E-state index is 13.3. The fraction of sp³-hybridized carbons (Fsp3) is 0.333. The Morgan fingerprint density at radius 3 is 2.73 bits per heavy atom. The summed E-state index contributed by atoms with van der Waals surface area (Å²) in [7, 11) is 1.45. The van der Waals surface area contributed by atoms with E-state index in [1.165, 1.54) is 18.7 Å². The van der Waals surface area contributed by atoms with Crippen molar-refractivity contribution in [2.24, 2.45) is 0 Å². The van der Waals surface area contributed by atoms with Crippen molar-refractivity contribution in [3.8, 4) is 5.75 Å². The number of hydrogen-bond acceptors (Lipinski definition) is 2. The minimum Gasteiger partial charge on any atom is -0.494 e. The maximum Gasteiger partial charge on any atom is 0.167 e. The zero-order valence-corrected chi connectivity index (χ0v) is 9.30. The van der Waals surface area contributed by atoms with Crippen molar-refractivity contribution in [1.82, 2.24) is 0 Å². The summed E-state index contributed by atoms with van der Waals surface area (Å²) >= 11 is 0. The van der Waals surface area contributed by atoms with Crippen LogP contribution in [-0.4, -0.2) is 13.7 Å². The van der Waals surface area contributed by atoms with Crippen molar-refractivity contribution in [2.45, 2.75) is 13.8 Å². The van der Waals surface area contributed by atoms with E-state index in [1.54, 1.807) is 12.1 Å². The summed E-state index contributed by atoms with van der Waals surface area (Å²) in [6.45, 7) is 4.75. The molecular formula is C12H16FNO. The molecule has 0 spiro atoms. The van der Waals surface area contributed by atoms with Crippen LogP contribution < -0.4 is 10.1 Å². The fourth-order valence-electron chi connectivity index (χ4n) is 1.15. The third-order valence-electron chi connectivity index (χ3n) is 1.97. The molecule has 15 heavy (non-hydrogen) atoms. The Bertz CT molecular complexity index is 357. The molecule has 0 saturated heterocycles. The molecule has 82 valence electrons. The van der Waals surface area contributed by atoms with Gasteiger partial charge in [0, 0.05) is 18.3 Å². The highest BCUT2D eigenvalue weighted by atomic mass is 19.1. The Hall–Kier alpha value is -1.51. The monoisotopic (exact) mass is 209 g/mol. The minimum absolute atomic E-state index is 0.266. The van der Waals surface area contributed by atoms with E-state index in [0.717, 1.165) is 5.69 Å². The van der Waals surface area contributed by atoms with Crippen LogP contribution in [0.15, 0.2) is 29.8 Å².